The molecule has 3 heteroatoms. The van der Waals surface area contributed by atoms with E-state index in [1.807, 2.05) is 11.9 Å². The number of amides is 1. The average molecular weight is 184 g/mol. The van der Waals surface area contributed by atoms with Crippen molar-refractivity contribution < 1.29 is 4.79 Å². The van der Waals surface area contributed by atoms with Gasteiger partial charge >= 0.3 is 0 Å². The third-order valence-corrected chi connectivity index (χ3v) is 2.47. The van der Waals surface area contributed by atoms with Crippen LogP contribution in [0.2, 0.25) is 0 Å². The second-order valence-corrected chi connectivity index (χ2v) is 4.39. The molecule has 1 heterocycles. The van der Waals surface area contributed by atoms with Crippen LogP contribution in [0.4, 0.5) is 0 Å². The maximum absolute atomic E-state index is 11.7. The van der Waals surface area contributed by atoms with E-state index in [4.69, 9.17) is 0 Å². The van der Waals surface area contributed by atoms with Gasteiger partial charge in [-0.15, -0.1) is 0 Å². The van der Waals surface area contributed by atoms with Gasteiger partial charge in [-0.3, -0.25) is 9.80 Å². The second-order valence-electron chi connectivity index (χ2n) is 4.39. The lowest BCUT2D eigenvalue weighted by molar-refractivity contribution is -0.145. The quantitative estimate of drug-likeness (QED) is 0.649. The fourth-order valence-corrected chi connectivity index (χ4v) is 1.81. The molecule has 0 aromatic carbocycles. The zero-order valence-electron chi connectivity index (χ0n) is 9.24. The molecule has 0 aliphatic carbocycles. The number of hydrazine groups is 1. The monoisotopic (exact) mass is 184 g/mol. The summed E-state index contributed by atoms with van der Waals surface area (Å²) in [6.45, 7) is 11.2. The minimum absolute atomic E-state index is 0.157. The molecule has 1 fully saturated rings. The van der Waals surface area contributed by atoms with Crippen LogP contribution in [0.3, 0.4) is 0 Å². The van der Waals surface area contributed by atoms with Gasteiger partial charge in [0.1, 0.15) is 0 Å². The highest BCUT2D eigenvalue weighted by Gasteiger charge is 2.37. The van der Waals surface area contributed by atoms with Gasteiger partial charge in [0.2, 0.25) is 5.91 Å². The van der Waals surface area contributed by atoms with Crippen molar-refractivity contribution in [3.8, 4) is 0 Å². The number of hydrogen-bond donors (Lipinski definition) is 0. The van der Waals surface area contributed by atoms with Crippen molar-refractivity contribution in [1.29, 1.82) is 0 Å². The molecule has 1 rings (SSSR count). The summed E-state index contributed by atoms with van der Waals surface area (Å²) >= 11 is 0. The first-order valence-corrected chi connectivity index (χ1v) is 5.04. The van der Waals surface area contributed by atoms with Gasteiger partial charge in [-0.1, -0.05) is 6.92 Å². The second kappa shape index (κ2) is 3.66. The Morgan fingerprint density at radius 1 is 1.23 bits per heavy atom. The first-order chi connectivity index (χ1) is 5.95. The molecule has 1 atom stereocenters. The molecule has 1 amide bonds. The van der Waals surface area contributed by atoms with Crippen LogP contribution in [0.25, 0.3) is 0 Å². The maximum atomic E-state index is 11.7. The highest BCUT2D eigenvalue weighted by atomic mass is 16.2. The standard InChI is InChI=1S/C10H20N2O/c1-7(2)11-6-9(5)10(13)12(11)8(3)4/h7-9H,6H2,1-5H3. The van der Waals surface area contributed by atoms with Crippen LogP contribution in [-0.4, -0.2) is 34.6 Å². The van der Waals surface area contributed by atoms with Gasteiger partial charge in [0.15, 0.2) is 0 Å². The molecular formula is C10H20N2O. The normalized spacial score (nSPS) is 25.3. The molecule has 76 valence electrons. The summed E-state index contributed by atoms with van der Waals surface area (Å²) in [6.07, 6.45) is 0. The van der Waals surface area contributed by atoms with Gasteiger partial charge in [-0.05, 0) is 27.7 Å². The Morgan fingerprint density at radius 3 is 2.08 bits per heavy atom. The molecule has 0 spiro atoms. The molecular weight excluding hydrogens is 164 g/mol. The fourth-order valence-electron chi connectivity index (χ4n) is 1.81. The summed E-state index contributed by atoms with van der Waals surface area (Å²) in [7, 11) is 0. The highest BCUT2D eigenvalue weighted by Crippen LogP contribution is 2.22. The zero-order valence-corrected chi connectivity index (χ0v) is 9.24. The van der Waals surface area contributed by atoms with Crippen molar-refractivity contribution in [2.75, 3.05) is 6.54 Å². The summed E-state index contributed by atoms with van der Waals surface area (Å²) in [5.74, 6) is 0.425. The summed E-state index contributed by atoms with van der Waals surface area (Å²) < 4.78 is 0. The average Bonchev–Trinajstić information content (AvgIpc) is 2.28. The van der Waals surface area contributed by atoms with Crippen molar-refractivity contribution in [1.82, 2.24) is 10.0 Å². The lowest BCUT2D eigenvalue weighted by Gasteiger charge is -2.34. The number of rotatable bonds is 2. The van der Waals surface area contributed by atoms with Crippen molar-refractivity contribution in [2.45, 2.75) is 46.7 Å². The molecule has 1 unspecified atom stereocenters. The Balaban J connectivity index is 2.81. The van der Waals surface area contributed by atoms with Gasteiger partial charge in [0, 0.05) is 18.6 Å². The van der Waals surface area contributed by atoms with Gasteiger partial charge in [0.25, 0.3) is 0 Å². The van der Waals surface area contributed by atoms with E-state index in [1.165, 1.54) is 0 Å². The molecule has 1 aliphatic heterocycles. The lowest BCUT2D eigenvalue weighted by Crippen LogP contribution is -2.47. The van der Waals surface area contributed by atoms with E-state index in [-0.39, 0.29) is 17.9 Å². The molecule has 0 saturated carbocycles. The third kappa shape index (κ3) is 1.85. The summed E-state index contributed by atoms with van der Waals surface area (Å²) in [5, 5.41) is 4.06. The summed E-state index contributed by atoms with van der Waals surface area (Å²) in [4.78, 5) is 11.7. The number of hydrogen-bond acceptors (Lipinski definition) is 2. The van der Waals surface area contributed by atoms with Crippen molar-refractivity contribution >= 4 is 5.91 Å². The first kappa shape index (κ1) is 10.5. The predicted molar refractivity (Wildman–Crippen MR) is 53.0 cm³/mol. The van der Waals surface area contributed by atoms with E-state index in [0.29, 0.717) is 6.04 Å². The number of carbonyl (C=O) groups excluding carboxylic acids is 1. The third-order valence-electron chi connectivity index (χ3n) is 2.47. The smallest absolute Gasteiger partial charge is 0.241 e. The first-order valence-electron chi connectivity index (χ1n) is 5.04. The van der Waals surface area contributed by atoms with Gasteiger partial charge < -0.3 is 0 Å². The largest absolute Gasteiger partial charge is 0.273 e. The molecule has 0 N–H and O–H groups in total. The van der Waals surface area contributed by atoms with Crippen LogP contribution >= 0.6 is 0 Å². The van der Waals surface area contributed by atoms with Gasteiger partial charge in [-0.2, -0.15) is 0 Å². The molecule has 3 nitrogen and oxygen atoms in total. The Labute approximate surface area is 80.7 Å². The molecule has 0 aromatic heterocycles. The molecule has 13 heavy (non-hydrogen) atoms. The Kier molecular flexibility index (Phi) is 2.96. The summed E-state index contributed by atoms with van der Waals surface area (Å²) in [6, 6.07) is 0.691. The summed E-state index contributed by atoms with van der Waals surface area (Å²) in [5.41, 5.74) is 0. The fraction of sp³-hybridized carbons (Fsp3) is 0.900. The van der Waals surface area contributed by atoms with Crippen LogP contribution in [-0.2, 0) is 4.79 Å². The number of nitrogens with zero attached hydrogens (tertiary/aromatic N) is 2. The van der Waals surface area contributed by atoms with Crippen LogP contribution in [0.5, 0.6) is 0 Å². The van der Waals surface area contributed by atoms with E-state index in [1.54, 1.807) is 0 Å². The van der Waals surface area contributed by atoms with E-state index < -0.39 is 0 Å². The molecule has 1 saturated heterocycles. The topological polar surface area (TPSA) is 23.6 Å². The van der Waals surface area contributed by atoms with Gasteiger partial charge in [-0.25, -0.2) is 5.01 Å². The van der Waals surface area contributed by atoms with Crippen LogP contribution in [0.15, 0.2) is 0 Å². The van der Waals surface area contributed by atoms with Crippen LogP contribution in [0, 0.1) is 5.92 Å². The van der Waals surface area contributed by atoms with Crippen molar-refractivity contribution in [3.63, 3.8) is 0 Å². The Bertz CT molecular complexity index is 201. The Morgan fingerprint density at radius 2 is 1.77 bits per heavy atom. The number of carbonyl (C=O) groups is 1. The highest BCUT2D eigenvalue weighted by molar-refractivity contribution is 5.80. The van der Waals surface area contributed by atoms with Crippen molar-refractivity contribution in [2.24, 2.45) is 5.92 Å². The molecule has 0 radical (unpaired) electrons. The predicted octanol–water partition coefficient (Wildman–Crippen LogP) is 1.50. The van der Waals surface area contributed by atoms with Crippen LogP contribution < -0.4 is 0 Å². The zero-order chi connectivity index (χ0) is 10.2. The maximum Gasteiger partial charge on any atom is 0.241 e. The lowest BCUT2D eigenvalue weighted by atomic mass is 10.2. The SMILES string of the molecule is CC1CN(C(C)C)N(C(C)C)C1=O. The van der Waals surface area contributed by atoms with E-state index in [9.17, 15) is 4.79 Å². The minimum atomic E-state index is 0.157. The Hall–Kier alpha value is -0.570. The van der Waals surface area contributed by atoms with E-state index in [0.717, 1.165) is 6.54 Å². The van der Waals surface area contributed by atoms with Gasteiger partial charge in [0.05, 0.1) is 5.92 Å². The minimum Gasteiger partial charge on any atom is -0.273 e. The van der Waals surface area contributed by atoms with E-state index in [2.05, 4.69) is 32.7 Å². The van der Waals surface area contributed by atoms with Crippen LogP contribution in [0.1, 0.15) is 34.6 Å². The molecule has 0 bridgehead atoms. The van der Waals surface area contributed by atoms with E-state index >= 15 is 0 Å². The molecule has 0 aromatic rings. The molecule has 1 aliphatic rings. The van der Waals surface area contributed by atoms with Crippen molar-refractivity contribution in [3.05, 3.63) is 0 Å².